The molecule has 0 aliphatic carbocycles. The lowest BCUT2D eigenvalue weighted by atomic mass is 10.2. The van der Waals surface area contributed by atoms with Gasteiger partial charge in [0.05, 0.1) is 25.5 Å². The number of nitrogens with one attached hydrogen (secondary N) is 1. The lowest BCUT2D eigenvalue weighted by Crippen LogP contribution is -2.36. The molecule has 1 aliphatic heterocycles. The second kappa shape index (κ2) is 11.3. The number of carbonyl (C=O) groups excluding carboxylic acids is 2. The van der Waals surface area contributed by atoms with Crippen LogP contribution in [0.1, 0.15) is 25.1 Å². The quantitative estimate of drug-likeness (QED) is 0.594. The molecule has 8 nitrogen and oxygen atoms in total. The maximum absolute atomic E-state index is 12.5. The SMILES string of the molecule is Cc1nn(CC(C)C)c(Cl)c1/C=C/C(=O)N(C)CC(=O)Nc1ccc(N2CCOCC2)cc1. The Morgan fingerprint density at radius 3 is 2.55 bits per heavy atom. The van der Waals surface area contributed by atoms with Gasteiger partial charge in [-0.1, -0.05) is 25.4 Å². The Bertz CT molecular complexity index is 994. The number of nitrogens with zero attached hydrogens (tertiary/aromatic N) is 4. The fourth-order valence-corrected chi connectivity index (χ4v) is 3.88. The minimum Gasteiger partial charge on any atom is -0.378 e. The first-order valence-corrected chi connectivity index (χ1v) is 11.5. The van der Waals surface area contributed by atoms with Crippen molar-refractivity contribution in [2.24, 2.45) is 5.92 Å². The van der Waals surface area contributed by atoms with Gasteiger partial charge in [0, 0.05) is 49.7 Å². The predicted molar refractivity (Wildman–Crippen MR) is 132 cm³/mol. The standard InChI is InChI=1S/C24H32ClN5O3/c1-17(2)15-30-24(25)21(18(3)27-30)9-10-23(32)28(4)16-22(31)26-19-5-7-20(8-6-19)29-11-13-33-14-12-29/h5-10,17H,11-16H2,1-4H3,(H,26,31)/b10-9+. The zero-order chi connectivity index (χ0) is 24.0. The summed E-state index contributed by atoms with van der Waals surface area (Å²) in [5.41, 5.74) is 3.25. The number of likely N-dealkylation sites (N-methyl/N-ethyl adjacent to an activating group) is 1. The van der Waals surface area contributed by atoms with Gasteiger partial charge in [-0.3, -0.25) is 14.3 Å². The summed E-state index contributed by atoms with van der Waals surface area (Å²) in [5.74, 6) is -0.155. The molecule has 0 radical (unpaired) electrons. The van der Waals surface area contributed by atoms with Crippen molar-refractivity contribution >= 4 is 40.9 Å². The van der Waals surface area contributed by atoms with Gasteiger partial charge < -0.3 is 19.9 Å². The van der Waals surface area contributed by atoms with Gasteiger partial charge in [0.25, 0.3) is 0 Å². The van der Waals surface area contributed by atoms with E-state index in [-0.39, 0.29) is 18.4 Å². The molecule has 2 heterocycles. The summed E-state index contributed by atoms with van der Waals surface area (Å²) >= 11 is 6.42. The Labute approximate surface area is 200 Å². The Kier molecular flexibility index (Phi) is 8.52. The number of aromatic nitrogens is 2. The molecule has 1 aromatic carbocycles. The van der Waals surface area contributed by atoms with Crippen LogP contribution in [0.5, 0.6) is 0 Å². The van der Waals surface area contributed by atoms with E-state index in [1.54, 1.807) is 17.8 Å². The van der Waals surface area contributed by atoms with Crippen molar-refractivity contribution < 1.29 is 14.3 Å². The highest BCUT2D eigenvalue weighted by Crippen LogP contribution is 2.22. The van der Waals surface area contributed by atoms with Gasteiger partial charge >= 0.3 is 0 Å². The molecule has 1 N–H and O–H groups in total. The Morgan fingerprint density at radius 2 is 1.91 bits per heavy atom. The Hall–Kier alpha value is -2.84. The minimum atomic E-state index is -0.292. The number of ether oxygens (including phenoxy) is 1. The third-order valence-corrected chi connectivity index (χ3v) is 5.72. The molecule has 9 heteroatoms. The van der Waals surface area contributed by atoms with Gasteiger partial charge in [-0.15, -0.1) is 0 Å². The van der Waals surface area contributed by atoms with Crippen LogP contribution in [0.4, 0.5) is 11.4 Å². The van der Waals surface area contributed by atoms with Crippen LogP contribution in [0.3, 0.4) is 0 Å². The van der Waals surface area contributed by atoms with Crippen LogP contribution in [0.15, 0.2) is 30.3 Å². The third-order valence-electron chi connectivity index (χ3n) is 5.32. The molecule has 1 saturated heterocycles. The molecule has 0 atom stereocenters. The monoisotopic (exact) mass is 473 g/mol. The summed E-state index contributed by atoms with van der Waals surface area (Å²) in [6.07, 6.45) is 3.07. The number of hydrogen-bond acceptors (Lipinski definition) is 5. The van der Waals surface area contributed by atoms with Gasteiger partial charge in [-0.2, -0.15) is 5.10 Å². The highest BCUT2D eigenvalue weighted by atomic mass is 35.5. The number of morpholine rings is 1. The van der Waals surface area contributed by atoms with E-state index in [4.69, 9.17) is 16.3 Å². The van der Waals surface area contributed by atoms with E-state index >= 15 is 0 Å². The van der Waals surface area contributed by atoms with E-state index < -0.39 is 0 Å². The number of aryl methyl sites for hydroxylation is 1. The first-order chi connectivity index (χ1) is 15.7. The molecule has 2 amide bonds. The second-order valence-electron chi connectivity index (χ2n) is 8.59. The molecule has 1 aliphatic rings. The van der Waals surface area contributed by atoms with Crippen LogP contribution >= 0.6 is 11.6 Å². The molecule has 33 heavy (non-hydrogen) atoms. The zero-order valence-electron chi connectivity index (χ0n) is 19.7. The van der Waals surface area contributed by atoms with E-state index in [2.05, 4.69) is 29.2 Å². The Morgan fingerprint density at radius 1 is 1.24 bits per heavy atom. The maximum Gasteiger partial charge on any atom is 0.246 e. The first-order valence-electron chi connectivity index (χ1n) is 11.1. The molecule has 1 aromatic heterocycles. The molecule has 0 spiro atoms. The van der Waals surface area contributed by atoms with Gasteiger partial charge in [0.15, 0.2) is 0 Å². The molecular formula is C24H32ClN5O3. The van der Waals surface area contributed by atoms with Crippen molar-refractivity contribution in [1.82, 2.24) is 14.7 Å². The smallest absolute Gasteiger partial charge is 0.246 e. The summed E-state index contributed by atoms with van der Waals surface area (Å²) in [7, 11) is 1.59. The number of halogens is 1. The van der Waals surface area contributed by atoms with Gasteiger partial charge in [-0.05, 0) is 43.2 Å². The molecule has 0 bridgehead atoms. The number of hydrogen-bond donors (Lipinski definition) is 1. The van der Waals surface area contributed by atoms with Crippen LogP contribution in [-0.2, 0) is 20.9 Å². The van der Waals surface area contributed by atoms with Gasteiger partial charge in [0.2, 0.25) is 11.8 Å². The normalized spacial score (nSPS) is 14.2. The number of anilines is 2. The highest BCUT2D eigenvalue weighted by molar-refractivity contribution is 6.31. The summed E-state index contributed by atoms with van der Waals surface area (Å²) in [4.78, 5) is 28.5. The molecule has 1 fully saturated rings. The number of benzene rings is 1. The molecule has 2 aromatic rings. The van der Waals surface area contributed by atoms with Crippen LogP contribution in [0.25, 0.3) is 6.08 Å². The van der Waals surface area contributed by atoms with Crippen molar-refractivity contribution in [3.8, 4) is 0 Å². The topological polar surface area (TPSA) is 79.7 Å². The van der Waals surface area contributed by atoms with Crippen molar-refractivity contribution in [3.05, 3.63) is 46.8 Å². The minimum absolute atomic E-state index is 0.0618. The Balaban J connectivity index is 1.53. The number of rotatable bonds is 8. The largest absolute Gasteiger partial charge is 0.378 e. The van der Waals surface area contributed by atoms with Crippen LogP contribution in [0, 0.1) is 12.8 Å². The number of carbonyl (C=O) groups is 2. The summed E-state index contributed by atoms with van der Waals surface area (Å²) < 4.78 is 7.12. The summed E-state index contributed by atoms with van der Waals surface area (Å²) in [6, 6.07) is 7.68. The van der Waals surface area contributed by atoms with E-state index in [1.807, 2.05) is 31.2 Å². The van der Waals surface area contributed by atoms with Crippen molar-refractivity contribution in [2.45, 2.75) is 27.3 Å². The predicted octanol–water partition coefficient (Wildman–Crippen LogP) is 3.45. The van der Waals surface area contributed by atoms with Crippen LogP contribution < -0.4 is 10.2 Å². The lowest BCUT2D eigenvalue weighted by molar-refractivity contribution is -0.129. The fraction of sp³-hybridized carbons (Fsp3) is 0.458. The zero-order valence-corrected chi connectivity index (χ0v) is 20.4. The van der Waals surface area contributed by atoms with E-state index in [9.17, 15) is 9.59 Å². The average molecular weight is 474 g/mol. The average Bonchev–Trinajstić information content (AvgIpc) is 3.04. The molecular weight excluding hydrogens is 442 g/mol. The van der Waals surface area contributed by atoms with Crippen LogP contribution in [-0.4, -0.2) is 66.4 Å². The fourth-order valence-electron chi connectivity index (χ4n) is 3.58. The summed E-state index contributed by atoms with van der Waals surface area (Å²) in [6.45, 7) is 9.83. The molecule has 178 valence electrons. The van der Waals surface area contributed by atoms with E-state index in [0.29, 0.717) is 28.9 Å². The number of amides is 2. The van der Waals surface area contributed by atoms with Crippen molar-refractivity contribution in [2.75, 3.05) is 50.1 Å². The van der Waals surface area contributed by atoms with Gasteiger partial charge in [0.1, 0.15) is 5.15 Å². The highest BCUT2D eigenvalue weighted by Gasteiger charge is 2.15. The molecule has 3 rings (SSSR count). The molecule has 0 saturated carbocycles. The van der Waals surface area contributed by atoms with E-state index in [1.165, 1.54) is 11.0 Å². The third kappa shape index (κ3) is 6.82. The van der Waals surface area contributed by atoms with E-state index in [0.717, 1.165) is 37.7 Å². The second-order valence-corrected chi connectivity index (χ2v) is 8.95. The summed E-state index contributed by atoms with van der Waals surface area (Å²) in [5, 5.41) is 7.78. The van der Waals surface area contributed by atoms with Crippen molar-refractivity contribution in [3.63, 3.8) is 0 Å². The lowest BCUT2D eigenvalue weighted by Gasteiger charge is -2.28. The first kappa shape index (κ1) is 24.8. The maximum atomic E-state index is 12.5. The molecule has 0 unspecified atom stereocenters. The van der Waals surface area contributed by atoms with Gasteiger partial charge in [-0.25, -0.2) is 0 Å². The van der Waals surface area contributed by atoms with Crippen molar-refractivity contribution in [1.29, 1.82) is 0 Å². The van der Waals surface area contributed by atoms with Crippen LogP contribution in [0.2, 0.25) is 5.15 Å².